The van der Waals surface area contributed by atoms with E-state index in [1.165, 1.54) is 97.7 Å². The summed E-state index contributed by atoms with van der Waals surface area (Å²) in [5.41, 5.74) is 11.0. The number of benzene rings is 9. The Balaban J connectivity index is 1.28. The molecule has 244 valence electrons. The lowest BCUT2D eigenvalue weighted by Gasteiger charge is -2.27. The van der Waals surface area contributed by atoms with Crippen molar-refractivity contribution in [2.75, 3.05) is 4.90 Å². The van der Waals surface area contributed by atoms with E-state index in [1.807, 2.05) is 0 Å². The van der Waals surface area contributed by atoms with Crippen LogP contribution in [-0.2, 0) is 0 Å². The highest BCUT2D eigenvalue weighted by molar-refractivity contribution is 6.35. The maximum Gasteiger partial charge on any atom is 0.0789 e. The number of aromatic nitrogens is 2. The second-order valence-corrected chi connectivity index (χ2v) is 14.5. The molecule has 0 amide bonds. The normalized spacial score (nSPS) is 12.5. The quantitative estimate of drug-likeness (QED) is 0.182. The van der Waals surface area contributed by atoms with Crippen LogP contribution in [0.5, 0.6) is 0 Å². The molecule has 0 aliphatic heterocycles. The van der Waals surface area contributed by atoms with Crippen LogP contribution >= 0.6 is 0 Å². The molecule has 4 aromatic heterocycles. The fourth-order valence-electron chi connectivity index (χ4n) is 9.81. The van der Waals surface area contributed by atoms with Crippen molar-refractivity contribution in [3.05, 3.63) is 176 Å². The maximum atomic E-state index is 2.59. The minimum atomic E-state index is 1.13. The average Bonchev–Trinajstić information content (AvgIpc) is 3.94. The van der Waals surface area contributed by atoms with Crippen LogP contribution in [0.2, 0.25) is 0 Å². The standard InChI is InChI=1S/C50H29N3/c1-3-16-32(17-4-1)51(33-18-5-2-6-19-33)45-27-31-15-8-10-21-35(31)46-38-24-13-23-37-39-28-44-41(29-43(39)53(48(37)38)50(45)46)47-34-20-9-7-14-30(34)26-40-36-22-11-12-25-42(36)52(44)49(40)47/h1-29H. The molecule has 0 N–H and O–H groups in total. The maximum absolute atomic E-state index is 2.59. The van der Waals surface area contributed by atoms with Gasteiger partial charge in [0.2, 0.25) is 0 Å². The highest BCUT2D eigenvalue weighted by atomic mass is 15.2. The van der Waals surface area contributed by atoms with Crippen molar-refractivity contribution in [3.63, 3.8) is 0 Å². The van der Waals surface area contributed by atoms with Gasteiger partial charge in [0.25, 0.3) is 0 Å². The average molecular weight is 672 g/mol. The van der Waals surface area contributed by atoms with Gasteiger partial charge < -0.3 is 13.7 Å². The van der Waals surface area contributed by atoms with Crippen molar-refractivity contribution < 1.29 is 0 Å². The fraction of sp³-hybridized carbons (Fsp3) is 0. The van der Waals surface area contributed by atoms with E-state index < -0.39 is 0 Å². The molecule has 13 aromatic rings. The monoisotopic (exact) mass is 671 g/mol. The van der Waals surface area contributed by atoms with E-state index in [0.29, 0.717) is 0 Å². The number of fused-ring (bicyclic) bond motifs is 16. The molecule has 0 aliphatic carbocycles. The number of rotatable bonds is 3. The first-order valence-electron chi connectivity index (χ1n) is 18.4. The van der Waals surface area contributed by atoms with E-state index >= 15 is 0 Å². The van der Waals surface area contributed by atoms with Gasteiger partial charge in [0, 0.05) is 54.5 Å². The van der Waals surface area contributed by atoms with E-state index in [1.54, 1.807) is 0 Å². The summed E-state index contributed by atoms with van der Waals surface area (Å²) in [7, 11) is 0. The second-order valence-electron chi connectivity index (χ2n) is 14.5. The summed E-state index contributed by atoms with van der Waals surface area (Å²) in [5, 5.41) is 15.5. The summed E-state index contributed by atoms with van der Waals surface area (Å²) in [6, 6.07) is 65.0. The van der Waals surface area contributed by atoms with Crippen molar-refractivity contribution in [1.82, 2.24) is 8.80 Å². The van der Waals surface area contributed by atoms with Gasteiger partial charge in [0.15, 0.2) is 0 Å². The summed E-state index contributed by atoms with van der Waals surface area (Å²) in [6.45, 7) is 0. The molecule has 0 atom stereocenters. The molecule has 0 saturated heterocycles. The minimum Gasteiger partial charge on any atom is -0.308 e. The van der Waals surface area contributed by atoms with Crippen molar-refractivity contribution in [1.29, 1.82) is 0 Å². The van der Waals surface area contributed by atoms with Gasteiger partial charge in [-0.05, 0) is 76.1 Å². The van der Waals surface area contributed by atoms with Crippen LogP contribution in [0.25, 0.3) is 97.7 Å². The van der Waals surface area contributed by atoms with Gasteiger partial charge in [-0.3, -0.25) is 0 Å². The van der Waals surface area contributed by atoms with Crippen molar-refractivity contribution in [2.45, 2.75) is 0 Å². The lowest BCUT2D eigenvalue weighted by molar-refractivity contribution is 1.27. The van der Waals surface area contributed by atoms with Gasteiger partial charge in [-0.2, -0.15) is 0 Å². The molecule has 53 heavy (non-hydrogen) atoms. The van der Waals surface area contributed by atoms with Gasteiger partial charge >= 0.3 is 0 Å². The molecule has 0 bridgehead atoms. The van der Waals surface area contributed by atoms with Crippen LogP contribution in [0, 0.1) is 0 Å². The Bertz CT molecular complexity index is 3570. The molecule has 9 aromatic carbocycles. The molecular formula is C50H29N3. The topological polar surface area (TPSA) is 12.1 Å². The van der Waals surface area contributed by atoms with Gasteiger partial charge in [-0.15, -0.1) is 0 Å². The Morgan fingerprint density at radius 3 is 1.58 bits per heavy atom. The van der Waals surface area contributed by atoms with E-state index in [0.717, 1.165) is 17.1 Å². The molecule has 3 nitrogen and oxygen atoms in total. The van der Waals surface area contributed by atoms with E-state index in [9.17, 15) is 0 Å². The molecule has 0 spiro atoms. The Hall–Kier alpha value is -7.10. The third-order valence-corrected chi connectivity index (χ3v) is 11.9. The van der Waals surface area contributed by atoms with E-state index in [4.69, 9.17) is 0 Å². The molecule has 0 unspecified atom stereocenters. The van der Waals surface area contributed by atoms with Gasteiger partial charge in [0.1, 0.15) is 0 Å². The van der Waals surface area contributed by atoms with Gasteiger partial charge in [-0.25, -0.2) is 0 Å². The molecule has 13 rings (SSSR count). The molecule has 0 saturated carbocycles. The fourth-order valence-corrected chi connectivity index (χ4v) is 9.81. The van der Waals surface area contributed by atoms with Crippen molar-refractivity contribution in [2.24, 2.45) is 0 Å². The zero-order valence-electron chi connectivity index (χ0n) is 28.6. The van der Waals surface area contributed by atoms with Crippen LogP contribution in [0.3, 0.4) is 0 Å². The molecular weight excluding hydrogens is 643 g/mol. The molecule has 0 aliphatic rings. The largest absolute Gasteiger partial charge is 0.308 e. The minimum absolute atomic E-state index is 1.13. The predicted octanol–water partition coefficient (Wildman–Crippen LogP) is 13.8. The highest BCUT2D eigenvalue weighted by Crippen LogP contribution is 2.50. The second kappa shape index (κ2) is 9.81. The third kappa shape index (κ3) is 3.40. The van der Waals surface area contributed by atoms with Gasteiger partial charge in [-0.1, -0.05) is 121 Å². The van der Waals surface area contributed by atoms with Crippen molar-refractivity contribution in [3.8, 4) is 0 Å². The van der Waals surface area contributed by atoms with Crippen LogP contribution in [0.1, 0.15) is 0 Å². The molecule has 3 heteroatoms. The van der Waals surface area contributed by atoms with Crippen LogP contribution < -0.4 is 4.90 Å². The van der Waals surface area contributed by atoms with E-state index in [-0.39, 0.29) is 0 Å². The van der Waals surface area contributed by atoms with E-state index in [2.05, 4.69) is 190 Å². The lowest BCUT2D eigenvalue weighted by Crippen LogP contribution is -2.11. The smallest absolute Gasteiger partial charge is 0.0789 e. The third-order valence-electron chi connectivity index (χ3n) is 11.9. The lowest BCUT2D eigenvalue weighted by atomic mass is 9.98. The summed E-state index contributed by atoms with van der Waals surface area (Å²) in [6.07, 6.45) is 0. The van der Waals surface area contributed by atoms with Crippen LogP contribution in [-0.4, -0.2) is 8.80 Å². The van der Waals surface area contributed by atoms with Crippen molar-refractivity contribution >= 4 is 115 Å². The summed E-state index contributed by atoms with van der Waals surface area (Å²) in [4.78, 5) is 2.44. The highest BCUT2D eigenvalue weighted by Gasteiger charge is 2.27. The predicted molar refractivity (Wildman–Crippen MR) is 225 cm³/mol. The zero-order chi connectivity index (χ0) is 34.4. The number of nitrogens with zero attached hydrogens (tertiary/aromatic N) is 3. The Morgan fingerprint density at radius 1 is 0.302 bits per heavy atom. The SMILES string of the molecule is c1ccc(N(c2ccccc2)c2cc3ccccc3c3c4cccc5c6cc7c(cc6n(c23)c54)c2c3ccccc3cc3c4ccccc4n7c32)cc1. The molecule has 0 fully saturated rings. The Labute approximate surface area is 303 Å². The molecule has 4 heterocycles. The zero-order valence-corrected chi connectivity index (χ0v) is 28.6. The first-order chi connectivity index (χ1) is 26.3. The number of anilines is 3. The van der Waals surface area contributed by atoms with Gasteiger partial charge in [0.05, 0.1) is 38.8 Å². The first-order valence-corrected chi connectivity index (χ1v) is 18.4. The number of hydrogen-bond acceptors (Lipinski definition) is 1. The number of para-hydroxylation sites is 4. The summed E-state index contributed by atoms with van der Waals surface area (Å²) in [5.74, 6) is 0. The first kappa shape index (κ1) is 27.6. The number of hydrogen-bond donors (Lipinski definition) is 0. The summed E-state index contributed by atoms with van der Waals surface area (Å²) < 4.78 is 5.11. The summed E-state index contributed by atoms with van der Waals surface area (Å²) >= 11 is 0. The Morgan fingerprint density at radius 2 is 0.849 bits per heavy atom. The molecule has 0 radical (unpaired) electrons. The Kier molecular flexibility index (Phi) is 5.11. The van der Waals surface area contributed by atoms with Crippen LogP contribution in [0.15, 0.2) is 176 Å². The van der Waals surface area contributed by atoms with Crippen LogP contribution in [0.4, 0.5) is 17.1 Å².